The Balaban J connectivity index is 1.74. The average molecular weight is 403 g/mol. The van der Waals surface area contributed by atoms with Gasteiger partial charge in [-0.15, -0.1) is 0 Å². The molecule has 1 aromatic carbocycles. The number of hydrogen-bond acceptors (Lipinski definition) is 5. The number of aromatic nitrogens is 1. The van der Waals surface area contributed by atoms with Crippen LogP contribution in [0.1, 0.15) is 22.6 Å². The summed E-state index contributed by atoms with van der Waals surface area (Å²) in [4.78, 5) is 1.34. The number of benzene rings is 1. The van der Waals surface area contributed by atoms with Gasteiger partial charge in [0.2, 0.25) is 10.0 Å². The molecule has 0 radical (unpaired) electrons. The highest BCUT2D eigenvalue weighted by atomic mass is 32.2. The number of hydrogen-bond donors (Lipinski definition) is 0. The number of nitrogens with zero attached hydrogens (tertiary/aromatic N) is 3. The Kier molecular flexibility index (Phi) is 5.33. The largest absolute Gasteiger partial charge is 0.417 e. The zero-order chi connectivity index (χ0) is 19.8. The van der Waals surface area contributed by atoms with Gasteiger partial charge < -0.3 is 4.52 Å². The van der Waals surface area contributed by atoms with E-state index in [1.165, 1.54) is 12.1 Å². The molecule has 0 aliphatic carbocycles. The fraction of sp³-hybridized carbons (Fsp3) is 0.471. The molecule has 1 aromatic heterocycles. The van der Waals surface area contributed by atoms with E-state index in [1.807, 2.05) is 18.7 Å². The minimum Gasteiger partial charge on any atom is -0.361 e. The number of sulfonamides is 1. The van der Waals surface area contributed by atoms with Crippen LogP contribution in [-0.2, 0) is 22.7 Å². The minimum absolute atomic E-state index is 0.123. The first-order valence-electron chi connectivity index (χ1n) is 8.41. The molecule has 27 heavy (non-hydrogen) atoms. The van der Waals surface area contributed by atoms with Crippen LogP contribution in [0.15, 0.2) is 33.7 Å². The molecule has 0 amide bonds. The van der Waals surface area contributed by atoms with Gasteiger partial charge in [0.25, 0.3) is 0 Å². The Morgan fingerprint density at radius 3 is 2.30 bits per heavy atom. The van der Waals surface area contributed by atoms with E-state index < -0.39 is 26.7 Å². The van der Waals surface area contributed by atoms with Crippen molar-refractivity contribution in [3.05, 3.63) is 46.8 Å². The van der Waals surface area contributed by atoms with Crippen molar-refractivity contribution in [3.63, 3.8) is 0 Å². The van der Waals surface area contributed by atoms with E-state index in [9.17, 15) is 21.6 Å². The monoisotopic (exact) mass is 403 g/mol. The SMILES string of the molecule is Cc1noc(C)c1CN1CCN(S(=O)(=O)c2ccccc2C(F)(F)F)CC1. The number of piperazine rings is 1. The van der Waals surface area contributed by atoms with Gasteiger partial charge in [-0.1, -0.05) is 17.3 Å². The maximum absolute atomic E-state index is 13.2. The summed E-state index contributed by atoms with van der Waals surface area (Å²) in [5, 5.41) is 3.89. The van der Waals surface area contributed by atoms with Gasteiger partial charge in [0.05, 0.1) is 16.2 Å². The van der Waals surface area contributed by atoms with Gasteiger partial charge in [-0.3, -0.25) is 4.90 Å². The van der Waals surface area contributed by atoms with Crippen LogP contribution >= 0.6 is 0 Å². The van der Waals surface area contributed by atoms with Gasteiger partial charge in [0.15, 0.2) is 0 Å². The highest BCUT2D eigenvalue weighted by Gasteiger charge is 2.39. The van der Waals surface area contributed by atoms with Crippen molar-refractivity contribution in [1.29, 1.82) is 0 Å². The normalized spacial score (nSPS) is 17.4. The van der Waals surface area contributed by atoms with Crippen LogP contribution in [-0.4, -0.2) is 49.0 Å². The highest BCUT2D eigenvalue weighted by Crippen LogP contribution is 2.35. The molecule has 148 valence electrons. The summed E-state index contributed by atoms with van der Waals surface area (Å²) in [5.41, 5.74) is 0.596. The van der Waals surface area contributed by atoms with Gasteiger partial charge in [-0.05, 0) is 26.0 Å². The van der Waals surface area contributed by atoms with Gasteiger partial charge in [0.1, 0.15) is 5.76 Å². The molecule has 10 heteroatoms. The topological polar surface area (TPSA) is 66.7 Å². The van der Waals surface area contributed by atoms with E-state index in [-0.39, 0.29) is 13.1 Å². The van der Waals surface area contributed by atoms with Crippen molar-refractivity contribution in [3.8, 4) is 0 Å². The Morgan fingerprint density at radius 2 is 1.74 bits per heavy atom. The van der Waals surface area contributed by atoms with Crippen LogP contribution in [0.4, 0.5) is 13.2 Å². The summed E-state index contributed by atoms with van der Waals surface area (Å²) in [6.45, 7) is 5.28. The lowest BCUT2D eigenvalue weighted by atomic mass is 10.2. The van der Waals surface area contributed by atoms with Crippen molar-refractivity contribution in [1.82, 2.24) is 14.4 Å². The Bertz CT molecular complexity index is 897. The first-order chi connectivity index (χ1) is 12.6. The second-order valence-corrected chi connectivity index (χ2v) is 8.38. The van der Waals surface area contributed by atoms with Gasteiger partial charge in [-0.25, -0.2) is 8.42 Å². The molecule has 0 saturated carbocycles. The van der Waals surface area contributed by atoms with Crippen molar-refractivity contribution in [2.75, 3.05) is 26.2 Å². The summed E-state index contributed by atoms with van der Waals surface area (Å²) in [6.07, 6.45) is -4.73. The molecule has 0 bridgehead atoms. The number of alkyl halides is 3. The smallest absolute Gasteiger partial charge is 0.361 e. The van der Waals surface area contributed by atoms with Crippen LogP contribution in [0, 0.1) is 13.8 Å². The number of rotatable bonds is 4. The Hall–Kier alpha value is -1.91. The van der Waals surface area contributed by atoms with E-state index in [0.29, 0.717) is 25.4 Å². The molecule has 1 fully saturated rings. The first kappa shape index (κ1) is 19.8. The van der Waals surface area contributed by atoms with Gasteiger partial charge >= 0.3 is 6.18 Å². The lowest BCUT2D eigenvalue weighted by Gasteiger charge is -2.34. The summed E-state index contributed by atoms with van der Waals surface area (Å²) >= 11 is 0. The van der Waals surface area contributed by atoms with E-state index in [1.54, 1.807) is 0 Å². The molecule has 3 rings (SSSR count). The third-order valence-electron chi connectivity index (χ3n) is 4.70. The fourth-order valence-electron chi connectivity index (χ4n) is 3.14. The predicted octanol–water partition coefficient (Wildman–Crippen LogP) is 2.82. The lowest BCUT2D eigenvalue weighted by Crippen LogP contribution is -2.48. The lowest BCUT2D eigenvalue weighted by molar-refractivity contribution is -0.139. The summed E-state index contributed by atoms with van der Waals surface area (Å²) in [5.74, 6) is 0.710. The van der Waals surface area contributed by atoms with Gasteiger partial charge in [0, 0.05) is 38.3 Å². The molecular formula is C17H20F3N3O3S. The van der Waals surface area contributed by atoms with Crippen molar-refractivity contribution in [2.24, 2.45) is 0 Å². The summed E-state index contributed by atoms with van der Waals surface area (Å²) in [6, 6.07) is 4.29. The molecule has 2 aromatic rings. The fourth-order valence-corrected chi connectivity index (χ4v) is 4.78. The zero-order valence-electron chi connectivity index (χ0n) is 15.0. The summed E-state index contributed by atoms with van der Waals surface area (Å²) in [7, 11) is -4.22. The first-order valence-corrected chi connectivity index (χ1v) is 9.85. The molecule has 0 atom stereocenters. The van der Waals surface area contributed by atoms with Crippen LogP contribution in [0.3, 0.4) is 0 Å². The van der Waals surface area contributed by atoms with Gasteiger partial charge in [-0.2, -0.15) is 17.5 Å². The third-order valence-corrected chi connectivity index (χ3v) is 6.66. The van der Waals surface area contributed by atoms with E-state index in [2.05, 4.69) is 5.16 Å². The molecule has 2 heterocycles. The van der Waals surface area contributed by atoms with Crippen molar-refractivity contribution < 1.29 is 26.1 Å². The van der Waals surface area contributed by atoms with Crippen LogP contribution in [0.25, 0.3) is 0 Å². The Morgan fingerprint density at radius 1 is 1.11 bits per heavy atom. The van der Waals surface area contributed by atoms with Crippen LogP contribution < -0.4 is 0 Å². The maximum atomic E-state index is 13.2. The van der Waals surface area contributed by atoms with E-state index in [4.69, 9.17) is 4.52 Å². The molecule has 6 nitrogen and oxygen atoms in total. The number of halogens is 3. The highest BCUT2D eigenvalue weighted by molar-refractivity contribution is 7.89. The van der Waals surface area contributed by atoms with Crippen LogP contribution in [0.5, 0.6) is 0 Å². The van der Waals surface area contributed by atoms with Crippen molar-refractivity contribution >= 4 is 10.0 Å². The van der Waals surface area contributed by atoms with Crippen LogP contribution in [0.2, 0.25) is 0 Å². The third kappa shape index (κ3) is 4.02. The maximum Gasteiger partial charge on any atom is 0.417 e. The minimum atomic E-state index is -4.73. The molecule has 0 unspecified atom stereocenters. The standard InChI is InChI=1S/C17H20F3N3O3S/c1-12-14(13(2)26-21-12)11-22-7-9-23(10-8-22)27(24,25)16-6-4-3-5-15(16)17(18,19)20/h3-6H,7-11H2,1-2H3. The quantitative estimate of drug-likeness (QED) is 0.786. The molecular weight excluding hydrogens is 383 g/mol. The average Bonchev–Trinajstić information content (AvgIpc) is 2.93. The zero-order valence-corrected chi connectivity index (χ0v) is 15.8. The molecule has 1 aliphatic rings. The second kappa shape index (κ2) is 7.25. The van der Waals surface area contributed by atoms with E-state index in [0.717, 1.165) is 27.7 Å². The van der Waals surface area contributed by atoms with E-state index >= 15 is 0 Å². The summed E-state index contributed by atoms with van der Waals surface area (Å²) < 4.78 is 71.3. The molecule has 1 saturated heterocycles. The molecule has 0 N–H and O–H groups in total. The predicted molar refractivity (Wildman–Crippen MR) is 91.5 cm³/mol. The molecule has 0 spiro atoms. The second-order valence-electron chi connectivity index (χ2n) is 6.48. The van der Waals surface area contributed by atoms with Crippen molar-refractivity contribution in [2.45, 2.75) is 31.5 Å². The Labute approximate surface area is 155 Å². The molecule has 1 aliphatic heterocycles. The number of aryl methyl sites for hydroxylation is 2.